The largest absolute Gasteiger partial charge is 0.463 e. The third-order valence-electron chi connectivity index (χ3n) is 7.95. The number of ether oxygens (including phenoxy) is 3. The van der Waals surface area contributed by atoms with Crippen molar-refractivity contribution in [1.29, 1.82) is 0 Å². The van der Waals surface area contributed by atoms with E-state index in [1.165, 1.54) is 0 Å². The Kier molecular flexibility index (Phi) is 6.89. The van der Waals surface area contributed by atoms with Crippen LogP contribution in [0.1, 0.15) is 45.1 Å². The summed E-state index contributed by atoms with van der Waals surface area (Å²) >= 11 is 0. The molecule has 0 aromatic heterocycles. The van der Waals surface area contributed by atoms with E-state index in [0.29, 0.717) is 24.3 Å². The van der Waals surface area contributed by atoms with Crippen molar-refractivity contribution in [3.8, 4) is 0 Å². The minimum absolute atomic E-state index is 0.000372. The van der Waals surface area contributed by atoms with E-state index >= 15 is 0 Å². The summed E-state index contributed by atoms with van der Waals surface area (Å²) in [6.45, 7) is 9.11. The summed E-state index contributed by atoms with van der Waals surface area (Å²) in [6.07, 6.45) is 2.19. The highest BCUT2D eigenvalue weighted by Gasteiger charge is 2.71. The van der Waals surface area contributed by atoms with Crippen molar-refractivity contribution in [2.24, 2.45) is 0 Å². The number of esters is 2. The van der Waals surface area contributed by atoms with Crippen LogP contribution in [-0.4, -0.2) is 91.6 Å². The van der Waals surface area contributed by atoms with Crippen molar-refractivity contribution < 1.29 is 28.3 Å². The Labute approximate surface area is 191 Å². The van der Waals surface area contributed by atoms with Gasteiger partial charge in [0.05, 0.1) is 20.1 Å². The number of fused-ring (bicyclic) bond motifs is 5. The van der Waals surface area contributed by atoms with E-state index in [0.717, 1.165) is 42.5 Å². The molecule has 0 spiro atoms. The highest BCUT2D eigenvalue weighted by atomic mass is 16.6. The zero-order valence-corrected chi connectivity index (χ0v) is 19.7. The zero-order chi connectivity index (χ0) is 22.9. The summed E-state index contributed by atoms with van der Waals surface area (Å²) in [5.41, 5.74) is 0.812. The van der Waals surface area contributed by atoms with Gasteiger partial charge in [-0.3, -0.25) is 14.5 Å². The number of rotatable bonds is 10. The van der Waals surface area contributed by atoms with Crippen LogP contribution in [0.5, 0.6) is 0 Å². The van der Waals surface area contributed by atoms with Crippen LogP contribution in [0, 0.1) is 0 Å². The Morgan fingerprint density at radius 3 is 2.28 bits per heavy atom. The van der Waals surface area contributed by atoms with Gasteiger partial charge in [0, 0.05) is 12.8 Å². The number of likely N-dealkylation sites (N-methyl/N-ethyl adjacent to an activating group) is 2. The quantitative estimate of drug-likeness (QED) is 0.313. The molecule has 3 saturated heterocycles. The second-order valence-electron chi connectivity index (χ2n) is 9.50. The fourth-order valence-corrected chi connectivity index (χ4v) is 5.71. The molecular weight excluding hydrogens is 408 g/mol. The molecule has 3 heterocycles. The number of carbonyl (C=O) groups is 2. The second kappa shape index (κ2) is 9.49. The first kappa shape index (κ1) is 23.2. The normalized spacial score (nSPS) is 33.5. The third-order valence-corrected chi connectivity index (χ3v) is 7.95. The van der Waals surface area contributed by atoms with Crippen molar-refractivity contribution in [2.75, 3.05) is 39.8 Å². The standard InChI is InChI=1S/C25H37N2O5/c1-5-26(6-2)15-22(28)30-16-19(17-11-9-8-10-12-17)25(29)31-18-13-20-23-24(32-23)21(14-18)27(20,4)7-3/h8-12,18-21,23-24H,5-7,13-16H2,1-4H3/q+1. The predicted octanol–water partition coefficient (Wildman–Crippen LogP) is 2.35. The van der Waals surface area contributed by atoms with Crippen molar-refractivity contribution >= 4 is 11.9 Å². The molecule has 3 aliphatic rings. The molecule has 7 heteroatoms. The van der Waals surface area contributed by atoms with Gasteiger partial charge in [-0.2, -0.15) is 0 Å². The molecule has 1 aromatic rings. The van der Waals surface area contributed by atoms with E-state index in [1.807, 2.05) is 49.1 Å². The lowest BCUT2D eigenvalue weighted by atomic mass is 9.95. The molecule has 0 amide bonds. The summed E-state index contributed by atoms with van der Waals surface area (Å²) in [5, 5.41) is 0. The highest BCUT2D eigenvalue weighted by Crippen LogP contribution is 2.52. The summed E-state index contributed by atoms with van der Waals surface area (Å²) in [7, 11) is 2.31. The van der Waals surface area contributed by atoms with Gasteiger partial charge < -0.3 is 18.7 Å². The predicted molar refractivity (Wildman–Crippen MR) is 120 cm³/mol. The van der Waals surface area contributed by atoms with Crippen molar-refractivity contribution in [3.05, 3.63) is 35.9 Å². The molecule has 2 bridgehead atoms. The zero-order valence-electron chi connectivity index (χ0n) is 19.7. The highest BCUT2D eigenvalue weighted by molar-refractivity contribution is 5.79. The molecule has 3 aliphatic heterocycles. The SMILES string of the molecule is CCN(CC)CC(=O)OCC(C(=O)OC1CC2C3OC3C(C1)[N+]2(C)CC)c1ccccc1. The molecule has 5 atom stereocenters. The van der Waals surface area contributed by atoms with Gasteiger partial charge in [0.2, 0.25) is 0 Å². The molecule has 0 radical (unpaired) electrons. The van der Waals surface area contributed by atoms with Crippen LogP contribution in [-0.2, 0) is 23.8 Å². The van der Waals surface area contributed by atoms with Crippen molar-refractivity contribution in [2.45, 2.75) is 69.9 Å². The van der Waals surface area contributed by atoms with Gasteiger partial charge in [-0.25, -0.2) is 0 Å². The molecule has 5 unspecified atom stereocenters. The molecule has 4 rings (SSSR count). The van der Waals surface area contributed by atoms with Crippen LogP contribution in [0.3, 0.4) is 0 Å². The molecule has 0 N–H and O–H groups in total. The molecule has 7 nitrogen and oxygen atoms in total. The van der Waals surface area contributed by atoms with Gasteiger partial charge in [0.1, 0.15) is 42.9 Å². The molecule has 32 heavy (non-hydrogen) atoms. The molecular formula is C25H37N2O5+. The maximum atomic E-state index is 13.3. The van der Waals surface area contributed by atoms with Gasteiger partial charge in [0.15, 0.2) is 0 Å². The minimum Gasteiger partial charge on any atom is -0.463 e. The van der Waals surface area contributed by atoms with E-state index < -0.39 is 5.92 Å². The maximum Gasteiger partial charge on any atom is 0.320 e. The first-order valence-corrected chi connectivity index (χ1v) is 12.0. The summed E-state index contributed by atoms with van der Waals surface area (Å²) < 4.78 is 18.5. The number of benzene rings is 1. The maximum absolute atomic E-state index is 13.3. The van der Waals surface area contributed by atoms with Gasteiger partial charge in [0.25, 0.3) is 0 Å². The average Bonchev–Trinajstić information content (AvgIpc) is 3.57. The van der Waals surface area contributed by atoms with Gasteiger partial charge in [-0.05, 0) is 25.6 Å². The lowest BCUT2D eigenvalue weighted by molar-refractivity contribution is -0.954. The second-order valence-corrected chi connectivity index (χ2v) is 9.50. The Morgan fingerprint density at radius 2 is 1.72 bits per heavy atom. The number of quaternary nitrogens is 1. The monoisotopic (exact) mass is 445 g/mol. The summed E-state index contributed by atoms with van der Waals surface area (Å²) in [5.74, 6) is -1.24. The van der Waals surface area contributed by atoms with Gasteiger partial charge in [-0.1, -0.05) is 44.2 Å². The molecule has 176 valence electrons. The first-order chi connectivity index (χ1) is 15.4. The fourth-order valence-electron chi connectivity index (χ4n) is 5.71. The smallest absolute Gasteiger partial charge is 0.320 e. The number of epoxide rings is 1. The molecule has 0 aliphatic carbocycles. The summed E-state index contributed by atoms with van der Waals surface area (Å²) in [4.78, 5) is 27.6. The molecule has 0 saturated carbocycles. The number of hydrogen-bond acceptors (Lipinski definition) is 6. The van der Waals surface area contributed by atoms with E-state index in [2.05, 4.69) is 14.0 Å². The van der Waals surface area contributed by atoms with Crippen LogP contribution in [0.15, 0.2) is 30.3 Å². The number of morpholine rings is 1. The van der Waals surface area contributed by atoms with E-state index in [-0.39, 0.29) is 31.2 Å². The van der Waals surface area contributed by atoms with E-state index in [9.17, 15) is 9.59 Å². The number of hydrogen-bond donors (Lipinski definition) is 0. The van der Waals surface area contributed by atoms with Crippen LogP contribution >= 0.6 is 0 Å². The minimum atomic E-state index is -0.616. The number of piperidine rings is 1. The third kappa shape index (κ3) is 4.43. The van der Waals surface area contributed by atoms with Crippen molar-refractivity contribution in [3.63, 3.8) is 0 Å². The Balaban J connectivity index is 1.40. The lowest BCUT2D eigenvalue weighted by Crippen LogP contribution is -2.62. The number of nitrogens with zero attached hydrogens (tertiary/aromatic N) is 2. The lowest BCUT2D eigenvalue weighted by Gasteiger charge is -2.47. The van der Waals surface area contributed by atoms with E-state index in [1.54, 1.807) is 0 Å². The Hall–Kier alpha value is -1.96. The Morgan fingerprint density at radius 1 is 1.09 bits per heavy atom. The first-order valence-electron chi connectivity index (χ1n) is 12.0. The fraction of sp³-hybridized carbons (Fsp3) is 0.680. The number of carbonyl (C=O) groups excluding carboxylic acids is 2. The molecule has 3 fully saturated rings. The summed E-state index contributed by atoms with van der Waals surface area (Å²) in [6, 6.07) is 10.3. The van der Waals surface area contributed by atoms with Gasteiger partial charge >= 0.3 is 11.9 Å². The van der Waals surface area contributed by atoms with Crippen LogP contribution in [0.4, 0.5) is 0 Å². The Bertz CT molecular complexity index is 794. The van der Waals surface area contributed by atoms with Crippen LogP contribution in [0.25, 0.3) is 0 Å². The average molecular weight is 446 g/mol. The topological polar surface area (TPSA) is 68.4 Å². The van der Waals surface area contributed by atoms with E-state index in [4.69, 9.17) is 14.2 Å². The van der Waals surface area contributed by atoms with Crippen LogP contribution in [0.2, 0.25) is 0 Å². The van der Waals surface area contributed by atoms with Crippen molar-refractivity contribution in [1.82, 2.24) is 4.90 Å². The van der Waals surface area contributed by atoms with Gasteiger partial charge in [-0.15, -0.1) is 0 Å². The molecule has 1 aromatic carbocycles. The van der Waals surface area contributed by atoms with Crippen LogP contribution < -0.4 is 0 Å².